The van der Waals surface area contributed by atoms with Crippen molar-refractivity contribution in [3.8, 4) is 0 Å². The van der Waals surface area contributed by atoms with Gasteiger partial charge in [0.25, 0.3) is 10.0 Å². The van der Waals surface area contributed by atoms with Crippen LogP contribution in [0.1, 0.15) is 52.2 Å². The largest absolute Gasteiger partial charge is 0.543 e. The molecule has 5 nitrogen and oxygen atoms in total. The van der Waals surface area contributed by atoms with Crippen LogP contribution in [-0.4, -0.2) is 33.8 Å². The molecule has 0 bridgehead atoms. The van der Waals surface area contributed by atoms with Gasteiger partial charge in [-0.15, -0.1) is 0 Å². The van der Waals surface area contributed by atoms with Gasteiger partial charge in [-0.2, -0.15) is 0 Å². The van der Waals surface area contributed by atoms with Gasteiger partial charge >= 0.3 is 0 Å². The van der Waals surface area contributed by atoms with Crippen molar-refractivity contribution in [2.75, 3.05) is 0 Å². The molecule has 0 aliphatic heterocycles. The minimum absolute atomic E-state index is 0.00726. The summed E-state index contributed by atoms with van der Waals surface area (Å²) in [5.41, 5.74) is 3.62. The SMILES string of the molecule is C=C(CC(C)(C)[Si](C)(C)O)c1ccc2c3ccc(C(=C)O[Si](C)(C)C(C)(C)C)cc3n(S(=O)(=O)c3ccccc3)c2c1. The van der Waals surface area contributed by atoms with Gasteiger partial charge in [-0.3, -0.25) is 0 Å². The summed E-state index contributed by atoms with van der Waals surface area (Å²) < 4.78 is 36.5. The predicted octanol–water partition coefficient (Wildman–Crippen LogP) is 9.40. The van der Waals surface area contributed by atoms with E-state index < -0.39 is 26.7 Å². The molecular formula is C34H45NO4SSi2. The number of hydrogen-bond acceptors (Lipinski definition) is 4. The maximum atomic E-state index is 14.3. The molecule has 3 aromatic carbocycles. The zero-order valence-electron chi connectivity index (χ0n) is 26.5. The molecule has 42 heavy (non-hydrogen) atoms. The van der Waals surface area contributed by atoms with Gasteiger partial charge in [0.1, 0.15) is 5.76 Å². The molecule has 1 N–H and O–H groups in total. The number of hydrogen-bond donors (Lipinski definition) is 1. The van der Waals surface area contributed by atoms with Gasteiger partial charge in [-0.1, -0.05) is 90.2 Å². The highest BCUT2D eigenvalue weighted by Gasteiger charge is 2.40. The maximum absolute atomic E-state index is 14.3. The molecule has 4 rings (SSSR count). The Bertz CT molecular complexity index is 1690. The lowest BCUT2D eigenvalue weighted by molar-refractivity contribution is 0.459. The second-order valence-corrected chi connectivity index (χ2v) is 25.0. The van der Waals surface area contributed by atoms with E-state index in [0.29, 0.717) is 23.2 Å². The number of rotatable bonds is 9. The fraction of sp³-hybridized carbons (Fsp3) is 0.353. The molecule has 0 atom stereocenters. The Labute approximate surface area is 253 Å². The summed E-state index contributed by atoms with van der Waals surface area (Å²) in [5.74, 6) is 0.546. The monoisotopic (exact) mass is 619 g/mol. The molecule has 0 saturated carbocycles. The number of allylic oxidation sites excluding steroid dienone is 1. The lowest BCUT2D eigenvalue weighted by Gasteiger charge is -2.37. The van der Waals surface area contributed by atoms with Crippen LogP contribution in [0.25, 0.3) is 33.1 Å². The van der Waals surface area contributed by atoms with Gasteiger partial charge in [0.2, 0.25) is 8.32 Å². The summed E-state index contributed by atoms with van der Waals surface area (Å²) in [6.45, 7) is 27.5. The van der Waals surface area contributed by atoms with Crippen LogP contribution in [0.2, 0.25) is 36.3 Å². The first kappa shape index (κ1) is 32.0. The molecule has 224 valence electrons. The van der Waals surface area contributed by atoms with Gasteiger partial charge < -0.3 is 9.22 Å². The zero-order valence-corrected chi connectivity index (χ0v) is 29.3. The van der Waals surface area contributed by atoms with Crippen molar-refractivity contribution in [1.82, 2.24) is 3.97 Å². The average molecular weight is 620 g/mol. The first-order valence-corrected chi connectivity index (χ1v) is 21.6. The molecule has 1 heterocycles. The third-order valence-electron chi connectivity index (χ3n) is 9.23. The highest BCUT2D eigenvalue weighted by Crippen LogP contribution is 2.44. The van der Waals surface area contributed by atoms with E-state index in [1.807, 2.05) is 49.5 Å². The number of aromatic nitrogens is 1. The third-order valence-corrected chi connectivity index (χ3v) is 18.8. The number of benzene rings is 3. The average Bonchev–Trinajstić information content (AvgIpc) is 3.21. The Morgan fingerprint density at radius 2 is 1.33 bits per heavy atom. The Kier molecular flexibility index (Phi) is 8.13. The second kappa shape index (κ2) is 10.7. The van der Waals surface area contributed by atoms with E-state index in [9.17, 15) is 13.2 Å². The Morgan fingerprint density at radius 1 is 0.833 bits per heavy atom. The van der Waals surface area contributed by atoms with Gasteiger partial charge in [-0.05, 0) is 78.1 Å². The summed E-state index contributed by atoms with van der Waals surface area (Å²) in [4.78, 5) is 11.1. The second-order valence-electron chi connectivity index (χ2n) is 14.1. The number of nitrogens with zero attached hydrogens (tertiary/aromatic N) is 1. The fourth-order valence-corrected chi connectivity index (χ4v) is 7.92. The summed E-state index contributed by atoms with van der Waals surface area (Å²) in [6, 6.07) is 20.2. The summed E-state index contributed by atoms with van der Waals surface area (Å²) in [7, 11) is -8.59. The summed E-state index contributed by atoms with van der Waals surface area (Å²) >= 11 is 0. The molecule has 0 aliphatic rings. The van der Waals surface area contributed by atoms with Crippen LogP contribution in [0.15, 0.2) is 84.8 Å². The van der Waals surface area contributed by atoms with E-state index in [-0.39, 0.29) is 15.0 Å². The topological polar surface area (TPSA) is 68.5 Å². The molecule has 0 saturated heterocycles. The van der Waals surface area contributed by atoms with Crippen molar-refractivity contribution in [3.05, 3.63) is 91.0 Å². The summed E-state index contributed by atoms with van der Waals surface area (Å²) in [5, 5.41) is 1.35. The van der Waals surface area contributed by atoms with E-state index in [1.165, 1.54) is 3.97 Å². The standard InChI is InChI=1S/C34H45NO4SSi2/c1-24(23-34(6,7)41(8,9)38)26-17-19-29-30-20-18-27(25(2)39-42(10,11)33(3,4)5)22-32(30)35(31(29)21-26)40(36,37)28-15-13-12-14-16-28/h12-22,38H,1-2,23H2,3-11H3. The number of fused-ring (bicyclic) bond motifs is 3. The quantitative estimate of drug-likeness (QED) is 0.150. The summed E-state index contributed by atoms with van der Waals surface area (Å²) in [6.07, 6.45) is 0.606. The van der Waals surface area contributed by atoms with Gasteiger partial charge in [-0.25, -0.2) is 12.4 Å². The van der Waals surface area contributed by atoms with Crippen molar-refractivity contribution in [2.45, 2.75) is 82.2 Å². The first-order chi connectivity index (χ1) is 19.2. The molecule has 0 spiro atoms. The van der Waals surface area contributed by atoms with Crippen molar-refractivity contribution < 1.29 is 17.6 Å². The van der Waals surface area contributed by atoms with E-state index in [4.69, 9.17) is 4.43 Å². The van der Waals surface area contributed by atoms with Crippen LogP contribution in [0.5, 0.6) is 0 Å². The lowest BCUT2D eigenvalue weighted by atomic mass is 9.96. The van der Waals surface area contributed by atoms with E-state index in [2.05, 4.69) is 60.9 Å². The minimum Gasteiger partial charge on any atom is -0.543 e. The van der Waals surface area contributed by atoms with Crippen molar-refractivity contribution >= 4 is 59.8 Å². The molecule has 0 unspecified atom stereocenters. The lowest BCUT2D eigenvalue weighted by Crippen LogP contribution is -2.40. The van der Waals surface area contributed by atoms with Crippen LogP contribution >= 0.6 is 0 Å². The maximum Gasteiger partial charge on any atom is 0.268 e. The molecular weight excluding hydrogens is 575 g/mol. The zero-order chi connectivity index (χ0) is 31.5. The van der Waals surface area contributed by atoms with E-state index in [1.54, 1.807) is 30.3 Å². The van der Waals surface area contributed by atoms with Gasteiger partial charge in [0, 0.05) is 16.3 Å². The van der Waals surface area contributed by atoms with Crippen LogP contribution < -0.4 is 0 Å². The molecule has 0 radical (unpaired) electrons. The van der Waals surface area contributed by atoms with E-state index in [0.717, 1.165) is 27.5 Å². The van der Waals surface area contributed by atoms with Gasteiger partial charge in [0.15, 0.2) is 8.32 Å². The third kappa shape index (κ3) is 5.82. The Balaban J connectivity index is 1.95. The highest BCUT2D eigenvalue weighted by atomic mass is 32.2. The van der Waals surface area contributed by atoms with Crippen LogP contribution in [-0.2, 0) is 14.4 Å². The predicted molar refractivity (Wildman–Crippen MR) is 183 cm³/mol. The molecule has 8 heteroatoms. The molecule has 0 aliphatic carbocycles. The minimum atomic E-state index is -3.96. The van der Waals surface area contributed by atoms with Crippen molar-refractivity contribution in [3.63, 3.8) is 0 Å². The molecule has 0 amide bonds. The normalized spacial score (nSPS) is 13.5. The van der Waals surface area contributed by atoms with E-state index >= 15 is 0 Å². The molecule has 1 aromatic heterocycles. The Morgan fingerprint density at radius 3 is 1.83 bits per heavy atom. The van der Waals surface area contributed by atoms with Crippen LogP contribution in [0.4, 0.5) is 0 Å². The van der Waals surface area contributed by atoms with Crippen LogP contribution in [0.3, 0.4) is 0 Å². The van der Waals surface area contributed by atoms with Crippen molar-refractivity contribution in [2.24, 2.45) is 0 Å². The first-order valence-electron chi connectivity index (χ1n) is 14.4. The molecule has 4 aromatic rings. The smallest absolute Gasteiger partial charge is 0.268 e. The van der Waals surface area contributed by atoms with Gasteiger partial charge in [0.05, 0.1) is 15.9 Å². The highest BCUT2D eigenvalue weighted by molar-refractivity contribution is 7.90. The Hall–Kier alpha value is -2.92. The fourth-order valence-electron chi connectivity index (χ4n) is 4.71. The van der Waals surface area contributed by atoms with Crippen LogP contribution in [0, 0.1) is 0 Å². The van der Waals surface area contributed by atoms with Crippen molar-refractivity contribution in [1.29, 1.82) is 0 Å². The molecule has 0 fully saturated rings.